The summed E-state index contributed by atoms with van der Waals surface area (Å²) in [5.41, 5.74) is 0.543. The van der Waals surface area contributed by atoms with Crippen LogP contribution in [0.25, 0.3) is 0 Å². The number of phenols is 1. The number of hydrogen-bond donors (Lipinski definition) is 8. The smallest absolute Gasteiger partial charge is 0.326 e. The molecule has 4 atom stereocenters. The number of benzene rings is 1. The molecule has 1 heterocycles. The molecule has 1 aliphatic heterocycles. The number of carboxylic acids is 2. The molecule has 12 nitrogen and oxygen atoms in total. The van der Waals surface area contributed by atoms with Gasteiger partial charge >= 0.3 is 11.9 Å². The van der Waals surface area contributed by atoms with Crippen molar-refractivity contribution in [1.29, 1.82) is 0 Å². The molecule has 1 aromatic carbocycles. The molecular formula is C21H28N4O8S. The molecule has 1 aliphatic rings. The van der Waals surface area contributed by atoms with Crippen LogP contribution in [0, 0.1) is 0 Å². The molecule has 0 spiro atoms. The molecule has 7 N–H and O–H groups in total. The predicted octanol–water partition coefficient (Wildman–Crippen LogP) is -1.37. The predicted molar refractivity (Wildman–Crippen MR) is 122 cm³/mol. The summed E-state index contributed by atoms with van der Waals surface area (Å²) in [6, 6.07) is 1.19. The van der Waals surface area contributed by atoms with Crippen LogP contribution in [-0.2, 0) is 30.4 Å². The van der Waals surface area contributed by atoms with E-state index in [1.807, 2.05) is 0 Å². The van der Waals surface area contributed by atoms with E-state index in [1.165, 1.54) is 24.3 Å². The van der Waals surface area contributed by atoms with E-state index in [1.54, 1.807) is 0 Å². The van der Waals surface area contributed by atoms with Crippen LogP contribution in [0.3, 0.4) is 0 Å². The fourth-order valence-corrected chi connectivity index (χ4v) is 3.63. The van der Waals surface area contributed by atoms with Crippen molar-refractivity contribution in [3.63, 3.8) is 0 Å². The molecule has 2 rings (SSSR count). The molecule has 0 radical (unpaired) electrons. The van der Waals surface area contributed by atoms with E-state index < -0.39 is 60.2 Å². The summed E-state index contributed by atoms with van der Waals surface area (Å²) in [6.45, 7) is 0.630. The number of nitrogens with one attached hydrogen (secondary N) is 4. The Morgan fingerprint density at radius 2 is 1.59 bits per heavy atom. The van der Waals surface area contributed by atoms with E-state index in [-0.39, 0.29) is 17.9 Å². The van der Waals surface area contributed by atoms with Crippen molar-refractivity contribution in [2.45, 2.75) is 49.9 Å². The number of carboxylic acid groups (broad SMARTS) is 2. The molecule has 34 heavy (non-hydrogen) atoms. The number of phenolic OH excluding ortho intramolecular Hbond substituents is 1. The monoisotopic (exact) mass is 496 g/mol. The van der Waals surface area contributed by atoms with E-state index in [2.05, 4.69) is 33.9 Å². The minimum atomic E-state index is -1.44. The second-order valence-electron chi connectivity index (χ2n) is 7.82. The van der Waals surface area contributed by atoms with Crippen molar-refractivity contribution in [3.05, 3.63) is 29.8 Å². The molecule has 1 aromatic rings. The van der Waals surface area contributed by atoms with Gasteiger partial charge < -0.3 is 36.6 Å². The van der Waals surface area contributed by atoms with Gasteiger partial charge in [-0.25, -0.2) is 4.79 Å². The zero-order valence-electron chi connectivity index (χ0n) is 18.2. The third-order valence-corrected chi connectivity index (χ3v) is 5.56. The highest BCUT2D eigenvalue weighted by atomic mass is 32.1. The van der Waals surface area contributed by atoms with Gasteiger partial charge in [-0.15, -0.1) is 0 Å². The maximum absolute atomic E-state index is 12.7. The third kappa shape index (κ3) is 8.23. The largest absolute Gasteiger partial charge is 0.508 e. The second-order valence-corrected chi connectivity index (χ2v) is 8.19. The maximum Gasteiger partial charge on any atom is 0.326 e. The van der Waals surface area contributed by atoms with Gasteiger partial charge in [0.05, 0.1) is 12.5 Å². The first-order chi connectivity index (χ1) is 16.1. The first-order valence-corrected chi connectivity index (χ1v) is 11.2. The van der Waals surface area contributed by atoms with Crippen molar-refractivity contribution in [1.82, 2.24) is 21.3 Å². The molecule has 1 saturated heterocycles. The normalized spacial score (nSPS) is 17.7. The standard InChI is InChI=1S/C21H28N4O8S/c26-12-5-3-11(4-6-12)8-15(21(32)33)24-20(31)16(10-34)25-19(30)14(9-17(27)28)23-18(29)13-2-1-7-22-13/h3-6,13-16,22,26,34H,1-2,7-10H2,(H,23,29)(H,24,31)(H,25,30)(H,27,28)(H,32,33). The fourth-order valence-electron chi connectivity index (χ4n) is 3.37. The molecule has 13 heteroatoms. The van der Waals surface area contributed by atoms with Gasteiger partial charge in [0.1, 0.15) is 23.9 Å². The lowest BCUT2D eigenvalue weighted by atomic mass is 10.1. The van der Waals surface area contributed by atoms with Gasteiger partial charge in [-0.05, 0) is 37.1 Å². The maximum atomic E-state index is 12.7. The van der Waals surface area contributed by atoms with Gasteiger partial charge in [-0.3, -0.25) is 19.2 Å². The number of aliphatic carboxylic acids is 2. The summed E-state index contributed by atoms with van der Waals surface area (Å²) in [4.78, 5) is 60.5. The van der Waals surface area contributed by atoms with Crippen LogP contribution in [0.15, 0.2) is 24.3 Å². The average Bonchev–Trinajstić information content (AvgIpc) is 3.32. The summed E-state index contributed by atoms with van der Waals surface area (Å²) in [7, 11) is 0. The zero-order valence-corrected chi connectivity index (χ0v) is 19.1. The molecule has 1 fully saturated rings. The van der Waals surface area contributed by atoms with Gasteiger partial charge in [-0.1, -0.05) is 12.1 Å². The van der Waals surface area contributed by atoms with E-state index >= 15 is 0 Å². The van der Waals surface area contributed by atoms with Crippen molar-refractivity contribution in [3.8, 4) is 5.75 Å². The number of hydrogen-bond acceptors (Lipinski definition) is 8. The Morgan fingerprint density at radius 3 is 2.12 bits per heavy atom. The van der Waals surface area contributed by atoms with Crippen LogP contribution in [0.4, 0.5) is 0 Å². The highest BCUT2D eigenvalue weighted by molar-refractivity contribution is 7.80. The second kappa shape index (κ2) is 12.8. The molecule has 4 unspecified atom stereocenters. The van der Waals surface area contributed by atoms with Crippen LogP contribution in [-0.4, -0.2) is 81.4 Å². The Kier molecular flexibility index (Phi) is 10.1. The van der Waals surface area contributed by atoms with Gasteiger partial charge in [0, 0.05) is 12.2 Å². The first kappa shape index (κ1) is 26.9. The van der Waals surface area contributed by atoms with Crippen LogP contribution >= 0.6 is 12.6 Å². The lowest BCUT2D eigenvalue weighted by molar-refractivity contribution is -0.143. The molecule has 3 amide bonds. The fraction of sp³-hybridized carbons (Fsp3) is 0.476. The van der Waals surface area contributed by atoms with Crippen molar-refractivity contribution in [2.75, 3.05) is 12.3 Å². The number of aromatic hydroxyl groups is 1. The van der Waals surface area contributed by atoms with E-state index in [0.717, 1.165) is 6.42 Å². The first-order valence-electron chi connectivity index (χ1n) is 10.6. The van der Waals surface area contributed by atoms with Gasteiger partial charge in [-0.2, -0.15) is 12.6 Å². The lowest BCUT2D eigenvalue weighted by Crippen LogP contribution is -2.58. The summed E-state index contributed by atoms with van der Waals surface area (Å²) < 4.78 is 0. The highest BCUT2D eigenvalue weighted by Gasteiger charge is 2.32. The number of rotatable bonds is 12. The van der Waals surface area contributed by atoms with E-state index in [4.69, 9.17) is 5.11 Å². The van der Waals surface area contributed by atoms with Crippen molar-refractivity contribution >= 4 is 42.3 Å². The van der Waals surface area contributed by atoms with Crippen molar-refractivity contribution < 1.29 is 39.3 Å². The Balaban J connectivity index is 2.03. The number of carbonyl (C=O) groups is 5. The Hall–Kier alpha value is -3.32. The minimum absolute atomic E-state index is 0.00392. The SMILES string of the molecule is O=C(O)CC(NC(=O)C1CCCN1)C(=O)NC(CS)C(=O)NC(Cc1ccc(O)cc1)C(=O)O. The number of carbonyl (C=O) groups excluding carboxylic acids is 3. The highest BCUT2D eigenvalue weighted by Crippen LogP contribution is 2.12. The summed E-state index contributed by atoms with van der Waals surface area (Å²) in [5, 5.41) is 37.9. The molecule has 0 bridgehead atoms. The number of thiol groups is 1. The van der Waals surface area contributed by atoms with E-state index in [0.29, 0.717) is 18.5 Å². The van der Waals surface area contributed by atoms with Crippen LogP contribution in [0.1, 0.15) is 24.8 Å². The quantitative estimate of drug-likeness (QED) is 0.161. The summed E-state index contributed by atoms with van der Waals surface area (Å²) in [5.74, 6) is -5.12. The molecular weight excluding hydrogens is 468 g/mol. The van der Waals surface area contributed by atoms with Crippen molar-refractivity contribution in [2.24, 2.45) is 0 Å². The Labute approximate surface area is 200 Å². The third-order valence-electron chi connectivity index (χ3n) is 5.19. The summed E-state index contributed by atoms with van der Waals surface area (Å²) >= 11 is 4.03. The molecule has 0 aliphatic carbocycles. The van der Waals surface area contributed by atoms with E-state index in [9.17, 15) is 34.2 Å². The Bertz CT molecular complexity index is 905. The van der Waals surface area contributed by atoms with Gasteiger partial charge in [0.15, 0.2) is 0 Å². The zero-order chi connectivity index (χ0) is 25.3. The lowest BCUT2D eigenvalue weighted by Gasteiger charge is -2.24. The van der Waals surface area contributed by atoms with Gasteiger partial charge in [0.25, 0.3) is 0 Å². The van der Waals surface area contributed by atoms with Gasteiger partial charge in [0.2, 0.25) is 17.7 Å². The van der Waals surface area contributed by atoms with Crippen LogP contribution in [0.5, 0.6) is 5.75 Å². The minimum Gasteiger partial charge on any atom is -0.508 e. The molecule has 0 saturated carbocycles. The summed E-state index contributed by atoms with van der Waals surface area (Å²) in [6.07, 6.45) is 0.529. The van der Waals surface area contributed by atoms with Crippen LogP contribution < -0.4 is 21.3 Å². The van der Waals surface area contributed by atoms with Crippen LogP contribution in [0.2, 0.25) is 0 Å². The topological polar surface area (TPSA) is 194 Å². The molecule has 0 aromatic heterocycles. The average molecular weight is 497 g/mol. The molecule has 186 valence electrons. The number of amides is 3. The Morgan fingerprint density at radius 1 is 0.971 bits per heavy atom.